The monoisotopic (exact) mass is 291 g/mol. The average Bonchev–Trinajstić information content (AvgIpc) is 2.53. The molecular weight excluding hydrogens is 266 g/mol. The van der Waals surface area contributed by atoms with Gasteiger partial charge in [0.05, 0.1) is 30.2 Å². The summed E-state index contributed by atoms with van der Waals surface area (Å²) < 4.78 is 5.80. The quantitative estimate of drug-likeness (QED) is 0.758. The number of amides is 1. The predicted molar refractivity (Wildman–Crippen MR) is 83.6 cm³/mol. The van der Waals surface area contributed by atoms with Crippen LogP contribution in [0.15, 0.2) is 18.5 Å². The molecule has 2 N–H and O–H groups in total. The lowest BCUT2D eigenvalue weighted by Gasteiger charge is -2.22. The molecule has 0 unspecified atom stereocenters. The normalized spacial score (nSPS) is 15.7. The van der Waals surface area contributed by atoms with Gasteiger partial charge in [-0.05, 0) is 25.8 Å². The molecule has 0 saturated heterocycles. The summed E-state index contributed by atoms with van der Waals surface area (Å²) in [5.41, 5.74) is 1.40. The van der Waals surface area contributed by atoms with Gasteiger partial charge in [0.15, 0.2) is 0 Å². The largest absolute Gasteiger partial charge is 0.383 e. The second-order valence-electron chi connectivity index (χ2n) is 5.34. The summed E-state index contributed by atoms with van der Waals surface area (Å²) in [6.45, 7) is 3.88. The first kappa shape index (κ1) is 15.8. The van der Waals surface area contributed by atoms with E-state index in [0.717, 1.165) is 25.1 Å². The standard InChI is InChI=1S/C16H25N3O2/c1-2-18-15-12-17-9-8-14(15)16(20)19-10-11-21-13-6-4-3-5-7-13/h8-9,12-13,18H,2-7,10-11H2,1H3,(H,19,20). The average molecular weight is 291 g/mol. The van der Waals surface area contributed by atoms with Gasteiger partial charge in [0.25, 0.3) is 5.91 Å². The minimum Gasteiger partial charge on any atom is -0.383 e. The van der Waals surface area contributed by atoms with E-state index in [9.17, 15) is 4.79 Å². The Morgan fingerprint density at radius 3 is 2.95 bits per heavy atom. The molecule has 1 aromatic rings. The molecule has 116 valence electrons. The molecule has 0 bridgehead atoms. The van der Waals surface area contributed by atoms with Crippen molar-refractivity contribution in [1.29, 1.82) is 0 Å². The van der Waals surface area contributed by atoms with E-state index < -0.39 is 0 Å². The van der Waals surface area contributed by atoms with Crippen molar-refractivity contribution < 1.29 is 9.53 Å². The Bertz CT molecular complexity index is 445. The van der Waals surface area contributed by atoms with Gasteiger partial charge in [-0.2, -0.15) is 0 Å². The van der Waals surface area contributed by atoms with E-state index in [2.05, 4.69) is 15.6 Å². The highest BCUT2D eigenvalue weighted by Crippen LogP contribution is 2.19. The maximum absolute atomic E-state index is 12.2. The number of hydrogen-bond donors (Lipinski definition) is 2. The van der Waals surface area contributed by atoms with Gasteiger partial charge in [-0.1, -0.05) is 19.3 Å². The Labute approximate surface area is 126 Å². The molecule has 0 atom stereocenters. The molecular formula is C16H25N3O2. The minimum absolute atomic E-state index is 0.0828. The molecule has 2 rings (SSSR count). The summed E-state index contributed by atoms with van der Waals surface area (Å²) >= 11 is 0. The van der Waals surface area contributed by atoms with Gasteiger partial charge in [-0.15, -0.1) is 0 Å². The molecule has 0 radical (unpaired) electrons. The highest BCUT2D eigenvalue weighted by Gasteiger charge is 2.14. The summed E-state index contributed by atoms with van der Waals surface area (Å²) in [4.78, 5) is 16.2. The van der Waals surface area contributed by atoms with Crippen LogP contribution in [0, 0.1) is 0 Å². The number of nitrogens with one attached hydrogen (secondary N) is 2. The molecule has 1 saturated carbocycles. The molecule has 1 aliphatic carbocycles. The van der Waals surface area contributed by atoms with Gasteiger partial charge in [-0.3, -0.25) is 9.78 Å². The van der Waals surface area contributed by atoms with Crippen LogP contribution in [-0.4, -0.2) is 36.7 Å². The zero-order valence-corrected chi connectivity index (χ0v) is 12.7. The lowest BCUT2D eigenvalue weighted by Crippen LogP contribution is -2.30. The van der Waals surface area contributed by atoms with Crippen LogP contribution in [0.25, 0.3) is 0 Å². The van der Waals surface area contributed by atoms with Crippen molar-refractivity contribution in [1.82, 2.24) is 10.3 Å². The van der Waals surface area contributed by atoms with E-state index >= 15 is 0 Å². The molecule has 5 heteroatoms. The Hall–Kier alpha value is -1.62. The van der Waals surface area contributed by atoms with Gasteiger partial charge >= 0.3 is 0 Å². The number of ether oxygens (including phenoxy) is 1. The van der Waals surface area contributed by atoms with Gasteiger partial charge in [0.2, 0.25) is 0 Å². The Morgan fingerprint density at radius 1 is 1.38 bits per heavy atom. The van der Waals surface area contributed by atoms with Gasteiger partial charge in [-0.25, -0.2) is 0 Å². The third kappa shape index (κ3) is 5.01. The van der Waals surface area contributed by atoms with Crippen molar-refractivity contribution in [2.45, 2.75) is 45.1 Å². The number of carbonyl (C=O) groups is 1. The van der Waals surface area contributed by atoms with Crippen molar-refractivity contribution >= 4 is 11.6 Å². The zero-order chi connectivity index (χ0) is 14.9. The Balaban J connectivity index is 1.74. The van der Waals surface area contributed by atoms with E-state index in [0.29, 0.717) is 24.8 Å². The van der Waals surface area contributed by atoms with Gasteiger partial charge in [0.1, 0.15) is 0 Å². The van der Waals surface area contributed by atoms with E-state index in [4.69, 9.17) is 4.74 Å². The van der Waals surface area contributed by atoms with Crippen molar-refractivity contribution in [2.24, 2.45) is 0 Å². The second-order valence-corrected chi connectivity index (χ2v) is 5.34. The number of anilines is 1. The summed E-state index contributed by atoms with van der Waals surface area (Å²) in [5, 5.41) is 6.05. The van der Waals surface area contributed by atoms with Crippen LogP contribution in [0.4, 0.5) is 5.69 Å². The van der Waals surface area contributed by atoms with Crippen LogP contribution in [0.3, 0.4) is 0 Å². The number of nitrogens with zero attached hydrogens (tertiary/aromatic N) is 1. The van der Waals surface area contributed by atoms with Gasteiger partial charge < -0.3 is 15.4 Å². The van der Waals surface area contributed by atoms with Crippen molar-refractivity contribution in [2.75, 3.05) is 25.0 Å². The Morgan fingerprint density at radius 2 is 2.19 bits per heavy atom. The summed E-state index contributed by atoms with van der Waals surface area (Å²) in [5.74, 6) is -0.0828. The zero-order valence-electron chi connectivity index (χ0n) is 12.7. The first-order valence-electron chi connectivity index (χ1n) is 7.89. The lowest BCUT2D eigenvalue weighted by molar-refractivity contribution is 0.0299. The highest BCUT2D eigenvalue weighted by molar-refractivity contribution is 5.99. The van der Waals surface area contributed by atoms with Crippen LogP contribution < -0.4 is 10.6 Å². The molecule has 1 amide bonds. The fourth-order valence-electron chi connectivity index (χ4n) is 2.64. The first-order chi connectivity index (χ1) is 10.3. The van der Waals surface area contributed by atoms with Crippen LogP contribution in [0.5, 0.6) is 0 Å². The molecule has 1 aromatic heterocycles. The molecule has 0 spiro atoms. The van der Waals surface area contributed by atoms with E-state index in [-0.39, 0.29) is 5.91 Å². The molecule has 21 heavy (non-hydrogen) atoms. The summed E-state index contributed by atoms with van der Waals surface area (Å²) in [6, 6.07) is 1.73. The number of carbonyl (C=O) groups excluding carboxylic acids is 1. The van der Waals surface area contributed by atoms with Crippen molar-refractivity contribution in [3.63, 3.8) is 0 Å². The van der Waals surface area contributed by atoms with Crippen LogP contribution in [0.2, 0.25) is 0 Å². The topological polar surface area (TPSA) is 63.2 Å². The minimum atomic E-state index is -0.0828. The number of rotatable bonds is 7. The van der Waals surface area contributed by atoms with E-state index in [1.807, 2.05) is 6.92 Å². The van der Waals surface area contributed by atoms with E-state index in [1.54, 1.807) is 18.5 Å². The van der Waals surface area contributed by atoms with Crippen LogP contribution >= 0.6 is 0 Å². The Kier molecular flexibility index (Phi) is 6.47. The lowest BCUT2D eigenvalue weighted by atomic mass is 9.98. The third-order valence-electron chi connectivity index (χ3n) is 3.73. The first-order valence-corrected chi connectivity index (χ1v) is 7.89. The molecule has 1 heterocycles. The smallest absolute Gasteiger partial charge is 0.253 e. The van der Waals surface area contributed by atoms with Crippen LogP contribution in [0.1, 0.15) is 49.4 Å². The number of hydrogen-bond acceptors (Lipinski definition) is 4. The van der Waals surface area contributed by atoms with E-state index in [1.165, 1.54) is 19.3 Å². The highest BCUT2D eigenvalue weighted by atomic mass is 16.5. The maximum atomic E-state index is 12.2. The fourth-order valence-corrected chi connectivity index (χ4v) is 2.64. The summed E-state index contributed by atoms with van der Waals surface area (Å²) in [7, 11) is 0. The van der Waals surface area contributed by atoms with Crippen molar-refractivity contribution in [3.8, 4) is 0 Å². The fraction of sp³-hybridized carbons (Fsp3) is 0.625. The van der Waals surface area contributed by atoms with Crippen LogP contribution in [-0.2, 0) is 4.74 Å². The van der Waals surface area contributed by atoms with Gasteiger partial charge in [0, 0.05) is 19.3 Å². The molecule has 0 aromatic carbocycles. The SMILES string of the molecule is CCNc1cnccc1C(=O)NCCOC1CCCCC1. The molecule has 0 aliphatic heterocycles. The number of pyridine rings is 1. The molecule has 1 fully saturated rings. The molecule has 5 nitrogen and oxygen atoms in total. The predicted octanol–water partition coefficient (Wildman–Crippen LogP) is 2.59. The maximum Gasteiger partial charge on any atom is 0.253 e. The second kappa shape index (κ2) is 8.62. The summed E-state index contributed by atoms with van der Waals surface area (Å²) in [6.07, 6.45) is 9.86. The molecule has 1 aliphatic rings. The third-order valence-corrected chi connectivity index (χ3v) is 3.73. The number of aromatic nitrogens is 1. The van der Waals surface area contributed by atoms with Crippen molar-refractivity contribution in [3.05, 3.63) is 24.0 Å².